The van der Waals surface area contributed by atoms with Gasteiger partial charge in [-0.15, -0.1) is 10.2 Å². The van der Waals surface area contributed by atoms with Crippen molar-refractivity contribution >= 4 is 22.9 Å². The molecule has 2 heterocycles. The van der Waals surface area contributed by atoms with Crippen molar-refractivity contribution in [1.29, 1.82) is 0 Å². The van der Waals surface area contributed by atoms with Crippen LogP contribution < -0.4 is 10.6 Å². The average molecular weight is 233 g/mol. The van der Waals surface area contributed by atoms with Crippen LogP contribution in [-0.4, -0.2) is 28.8 Å². The maximum absolute atomic E-state index is 5.70. The maximum Gasteiger partial charge on any atom is 0.207 e. The van der Waals surface area contributed by atoms with Crippen LogP contribution in [0.3, 0.4) is 0 Å². The highest BCUT2D eigenvalue weighted by Crippen LogP contribution is 2.17. The van der Waals surface area contributed by atoms with Crippen molar-refractivity contribution in [2.45, 2.75) is 25.4 Å². The first kappa shape index (κ1) is 10.3. The molecule has 0 amide bonds. The van der Waals surface area contributed by atoms with E-state index >= 15 is 0 Å². The summed E-state index contributed by atoms with van der Waals surface area (Å²) in [5.41, 5.74) is 0.193. The second-order valence-electron chi connectivity index (χ2n) is 3.79. The zero-order chi connectivity index (χ0) is 10.0. The minimum Gasteiger partial charge on any atom is -0.315 e. The van der Waals surface area contributed by atoms with Gasteiger partial charge in [0.15, 0.2) is 0 Å². The summed E-state index contributed by atoms with van der Waals surface area (Å²) in [6, 6.07) is 0. The van der Waals surface area contributed by atoms with Crippen LogP contribution in [0.1, 0.15) is 18.4 Å². The van der Waals surface area contributed by atoms with E-state index in [-0.39, 0.29) is 5.54 Å². The average Bonchev–Trinajstić information content (AvgIpc) is 2.73. The van der Waals surface area contributed by atoms with Crippen LogP contribution in [0.2, 0.25) is 4.47 Å². The molecule has 14 heavy (non-hydrogen) atoms. The van der Waals surface area contributed by atoms with Crippen molar-refractivity contribution in [3.63, 3.8) is 0 Å². The molecule has 4 nitrogen and oxygen atoms in total. The molecule has 1 aromatic heterocycles. The molecule has 0 saturated carbocycles. The first-order valence-electron chi connectivity index (χ1n) is 4.62. The molecule has 1 aliphatic rings. The molecule has 1 aliphatic heterocycles. The maximum atomic E-state index is 5.70. The summed E-state index contributed by atoms with van der Waals surface area (Å²) < 4.78 is 0.511. The third kappa shape index (κ3) is 2.42. The Morgan fingerprint density at radius 1 is 1.64 bits per heavy atom. The lowest BCUT2D eigenvalue weighted by Gasteiger charge is -2.23. The van der Waals surface area contributed by atoms with Gasteiger partial charge < -0.3 is 10.6 Å². The minimum atomic E-state index is 0.193. The SMILES string of the molecule is CC1(NCc2nnc(Cl)s2)CCNC1. The number of aromatic nitrogens is 2. The molecule has 0 radical (unpaired) electrons. The molecule has 1 aromatic rings. The van der Waals surface area contributed by atoms with Gasteiger partial charge >= 0.3 is 0 Å². The smallest absolute Gasteiger partial charge is 0.207 e. The van der Waals surface area contributed by atoms with E-state index in [4.69, 9.17) is 11.6 Å². The molecule has 0 aliphatic carbocycles. The quantitative estimate of drug-likeness (QED) is 0.818. The third-order valence-corrected chi connectivity index (χ3v) is 3.50. The summed E-state index contributed by atoms with van der Waals surface area (Å²) in [6.45, 7) is 5.07. The Hall–Kier alpha value is -0.230. The van der Waals surface area contributed by atoms with Crippen molar-refractivity contribution in [3.8, 4) is 0 Å². The van der Waals surface area contributed by atoms with E-state index in [0.29, 0.717) is 4.47 Å². The van der Waals surface area contributed by atoms with Gasteiger partial charge in [0.25, 0.3) is 0 Å². The second-order valence-corrected chi connectivity index (χ2v) is 5.43. The van der Waals surface area contributed by atoms with Gasteiger partial charge in [-0.05, 0) is 31.5 Å². The van der Waals surface area contributed by atoms with Crippen LogP contribution in [0.5, 0.6) is 0 Å². The summed E-state index contributed by atoms with van der Waals surface area (Å²) in [5.74, 6) is 0. The molecule has 2 rings (SSSR count). The molecule has 0 bridgehead atoms. The number of nitrogens with zero attached hydrogens (tertiary/aromatic N) is 2. The van der Waals surface area contributed by atoms with Crippen molar-refractivity contribution < 1.29 is 0 Å². The van der Waals surface area contributed by atoms with E-state index in [1.165, 1.54) is 11.3 Å². The minimum absolute atomic E-state index is 0.193. The Bertz CT molecular complexity index is 308. The lowest BCUT2D eigenvalue weighted by Crippen LogP contribution is -2.43. The number of hydrogen-bond acceptors (Lipinski definition) is 5. The fourth-order valence-electron chi connectivity index (χ4n) is 1.56. The zero-order valence-corrected chi connectivity index (χ0v) is 9.58. The molecule has 78 valence electrons. The lowest BCUT2D eigenvalue weighted by atomic mass is 10.0. The Labute approximate surface area is 92.1 Å². The van der Waals surface area contributed by atoms with E-state index in [9.17, 15) is 0 Å². The highest BCUT2D eigenvalue weighted by atomic mass is 35.5. The Balaban J connectivity index is 1.87. The van der Waals surface area contributed by atoms with Gasteiger partial charge in [-0.2, -0.15) is 0 Å². The first-order chi connectivity index (χ1) is 6.68. The van der Waals surface area contributed by atoms with Crippen molar-refractivity contribution in [2.24, 2.45) is 0 Å². The molecular formula is C8H13ClN4S. The summed E-state index contributed by atoms with van der Waals surface area (Å²) in [6.07, 6.45) is 1.15. The normalized spacial score (nSPS) is 27.0. The van der Waals surface area contributed by atoms with Gasteiger partial charge in [0, 0.05) is 12.1 Å². The van der Waals surface area contributed by atoms with Gasteiger partial charge in [0.1, 0.15) is 5.01 Å². The fourth-order valence-corrected chi connectivity index (χ4v) is 2.37. The number of hydrogen-bond donors (Lipinski definition) is 2. The molecule has 6 heteroatoms. The second kappa shape index (κ2) is 4.10. The molecule has 1 saturated heterocycles. The standard InChI is InChI=1S/C8H13ClN4S/c1-8(2-3-10-5-8)11-4-6-12-13-7(9)14-6/h10-11H,2-5H2,1H3. The molecule has 0 spiro atoms. The molecular weight excluding hydrogens is 220 g/mol. The van der Waals surface area contributed by atoms with Crippen LogP contribution in [0.25, 0.3) is 0 Å². The summed E-state index contributed by atoms with van der Waals surface area (Å²) in [4.78, 5) is 0. The largest absolute Gasteiger partial charge is 0.315 e. The van der Waals surface area contributed by atoms with E-state index in [2.05, 4.69) is 27.8 Å². The van der Waals surface area contributed by atoms with E-state index in [1.54, 1.807) is 0 Å². The summed E-state index contributed by atoms with van der Waals surface area (Å²) in [7, 11) is 0. The summed E-state index contributed by atoms with van der Waals surface area (Å²) >= 11 is 7.13. The van der Waals surface area contributed by atoms with E-state index in [0.717, 1.165) is 31.1 Å². The van der Waals surface area contributed by atoms with E-state index in [1.807, 2.05) is 0 Å². The predicted molar refractivity (Wildman–Crippen MR) is 57.7 cm³/mol. The molecule has 0 aromatic carbocycles. The molecule has 1 fully saturated rings. The molecule has 2 N–H and O–H groups in total. The van der Waals surface area contributed by atoms with Gasteiger partial charge in [-0.25, -0.2) is 0 Å². The van der Waals surface area contributed by atoms with Crippen molar-refractivity contribution in [3.05, 3.63) is 9.47 Å². The van der Waals surface area contributed by atoms with Gasteiger partial charge in [0.2, 0.25) is 4.47 Å². The monoisotopic (exact) mass is 232 g/mol. The fraction of sp³-hybridized carbons (Fsp3) is 0.750. The Morgan fingerprint density at radius 2 is 2.50 bits per heavy atom. The first-order valence-corrected chi connectivity index (χ1v) is 5.81. The van der Waals surface area contributed by atoms with Crippen LogP contribution in [0.4, 0.5) is 0 Å². The van der Waals surface area contributed by atoms with Gasteiger partial charge in [-0.3, -0.25) is 0 Å². The van der Waals surface area contributed by atoms with Crippen molar-refractivity contribution in [2.75, 3.05) is 13.1 Å². The number of halogens is 1. The van der Waals surface area contributed by atoms with Crippen molar-refractivity contribution in [1.82, 2.24) is 20.8 Å². The van der Waals surface area contributed by atoms with Crippen LogP contribution in [-0.2, 0) is 6.54 Å². The van der Waals surface area contributed by atoms with Crippen LogP contribution >= 0.6 is 22.9 Å². The molecule has 1 atom stereocenters. The number of nitrogens with one attached hydrogen (secondary N) is 2. The van der Waals surface area contributed by atoms with Gasteiger partial charge in [0.05, 0.1) is 6.54 Å². The number of rotatable bonds is 3. The van der Waals surface area contributed by atoms with Gasteiger partial charge in [-0.1, -0.05) is 11.3 Å². The molecule has 1 unspecified atom stereocenters. The third-order valence-electron chi connectivity index (χ3n) is 2.48. The topological polar surface area (TPSA) is 49.8 Å². The zero-order valence-electron chi connectivity index (χ0n) is 8.01. The highest BCUT2D eigenvalue weighted by Gasteiger charge is 2.27. The van der Waals surface area contributed by atoms with Crippen LogP contribution in [0.15, 0.2) is 0 Å². The predicted octanol–water partition coefficient (Wildman–Crippen LogP) is 1.03. The summed E-state index contributed by atoms with van der Waals surface area (Å²) in [5, 5.41) is 15.5. The Morgan fingerprint density at radius 3 is 3.07 bits per heavy atom. The lowest BCUT2D eigenvalue weighted by molar-refractivity contribution is 0.385. The highest BCUT2D eigenvalue weighted by molar-refractivity contribution is 7.15. The van der Waals surface area contributed by atoms with E-state index < -0.39 is 0 Å². The van der Waals surface area contributed by atoms with Crippen LogP contribution in [0, 0.1) is 0 Å². The Kier molecular flexibility index (Phi) is 3.02.